The summed E-state index contributed by atoms with van der Waals surface area (Å²) in [4.78, 5) is 12.2. The molecule has 3 heteroatoms. The van der Waals surface area contributed by atoms with Crippen molar-refractivity contribution in [3.8, 4) is 5.75 Å². The molecule has 0 radical (unpaired) electrons. The molecule has 0 aliphatic heterocycles. The Morgan fingerprint density at radius 1 is 1.17 bits per heavy atom. The predicted octanol–water partition coefficient (Wildman–Crippen LogP) is 3.77. The lowest BCUT2D eigenvalue weighted by atomic mass is 10.0. The summed E-state index contributed by atoms with van der Waals surface area (Å²) in [6, 6.07) is 14.7. The van der Waals surface area contributed by atoms with Gasteiger partial charge in [0.1, 0.15) is 5.75 Å². The third-order valence-corrected chi connectivity index (χ3v) is 3.01. The van der Waals surface area contributed by atoms with Gasteiger partial charge in [0.15, 0.2) is 5.78 Å². The molecule has 0 heterocycles. The molecule has 0 saturated carbocycles. The van der Waals surface area contributed by atoms with Crippen LogP contribution in [0.2, 0.25) is 5.02 Å². The first-order valence-corrected chi connectivity index (χ1v) is 5.99. The Hall–Kier alpha value is -1.80. The van der Waals surface area contributed by atoms with Gasteiger partial charge in [-0.2, -0.15) is 0 Å². The highest BCUT2D eigenvalue weighted by Gasteiger charge is 2.12. The first kappa shape index (κ1) is 12.7. The second-order valence-electron chi connectivity index (χ2n) is 3.93. The van der Waals surface area contributed by atoms with Crippen LogP contribution in [0.25, 0.3) is 0 Å². The van der Waals surface area contributed by atoms with E-state index in [9.17, 15) is 4.79 Å². The van der Waals surface area contributed by atoms with E-state index in [0.717, 1.165) is 5.56 Å². The molecule has 0 amide bonds. The summed E-state index contributed by atoms with van der Waals surface area (Å²) in [6.45, 7) is 0. The third kappa shape index (κ3) is 2.90. The number of carbonyl (C=O) groups is 1. The second-order valence-corrected chi connectivity index (χ2v) is 4.34. The lowest BCUT2D eigenvalue weighted by Gasteiger charge is -2.06. The molecule has 2 aromatic carbocycles. The van der Waals surface area contributed by atoms with Crippen LogP contribution in [0.5, 0.6) is 5.75 Å². The summed E-state index contributed by atoms with van der Waals surface area (Å²) in [5.41, 5.74) is 1.47. The minimum atomic E-state index is -0.00917. The van der Waals surface area contributed by atoms with E-state index in [1.54, 1.807) is 25.3 Å². The normalized spacial score (nSPS) is 10.1. The maximum Gasteiger partial charge on any atom is 0.168 e. The van der Waals surface area contributed by atoms with Crippen LogP contribution in [-0.2, 0) is 6.42 Å². The van der Waals surface area contributed by atoms with E-state index in [-0.39, 0.29) is 5.78 Å². The second kappa shape index (κ2) is 5.69. The molecule has 92 valence electrons. The molecule has 0 aliphatic rings. The van der Waals surface area contributed by atoms with Crippen molar-refractivity contribution in [1.29, 1.82) is 0 Å². The maximum atomic E-state index is 12.2. The number of hydrogen-bond donors (Lipinski definition) is 0. The van der Waals surface area contributed by atoms with Crippen LogP contribution < -0.4 is 4.74 Å². The highest BCUT2D eigenvalue weighted by molar-refractivity contribution is 6.34. The fraction of sp³-hybridized carbons (Fsp3) is 0.133. The van der Waals surface area contributed by atoms with Gasteiger partial charge in [0.2, 0.25) is 0 Å². The zero-order chi connectivity index (χ0) is 13.0. The lowest BCUT2D eigenvalue weighted by molar-refractivity contribution is 0.0993. The summed E-state index contributed by atoms with van der Waals surface area (Å²) < 4.78 is 5.10. The van der Waals surface area contributed by atoms with Crippen molar-refractivity contribution in [2.75, 3.05) is 7.11 Å². The zero-order valence-electron chi connectivity index (χ0n) is 10.0. The van der Waals surface area contributed by atoms with Crippen molar-refractivity contribution in [3.05, 3.63) is 64.7 Å². The van der Waals surface area contributed by atoms with Crippen molar-refractivity contribution in [3.63, 3.8) is 0 Å². The molecular formula is C15H13ClO2. The molecule has 0 aromatic heterocycles. The van der Waals surface area contributed by atoms with Crippen molar-refractivity contribution in [2.24, 2.45) is 0 Å². The van der Waals surface area contributed by atoms with Gasteiger partial charge < -0.3 is 4.74 Å². The van der Waals surface area contributed by atoms with Gasteiger partial charge in [-0.05, 0) is 23.8 Å². The molecule has 18 heavy (non-hydrogen) atoms. The molecule has 0 bridgehead atoms. The van der Waals surface area contributed by atoms with E-state index in [4.69, 9.17) is 16.3 Å². The van der Waals surface area contributed by atoms with Crippen LogP contribution in [0.3, 0.4) is 0 Å². The third-order valence-electron chi connectivity index (χ3n) is 2.68. The summed E-state index contributed by atoms with van der Waals surface area (Å²) >= 11 is 6.04. The van der Waals surface area contributed by atoms with Crippen LogP contribution in [-0.4, -0.2) is 12.9 Å². The topological polar surface area (TPSA) is 26.3 Å². The molecule has 0 saturated heterocycles. The predicted molar refractivity (Wildman–Crippen MR) is 72.5 cm³/mol. The van der Waals surface area contributed by atoms with E-state index in [0.29, 0.717) is 22.8 Å². The lowest BCUT2D eigenvalue weighted by Crippen LogP contribution is -2.04. The number of carbonyl (C=O) groups excluding carboxylic acids is 1. The number of Topliss-reactive ketones (excluding diaryl/α,β-unsaturated/α-hetero) is 1. The van der Waals surface area contributed by atoms with Crippen molar-refractivity contribution >= 4 is 17.4 Å². The summed E-state index contributed by atoms with van der Waals surface area (Å²) in [7, 11) is 1.56. The SMILES string of the molecule is COc1ccc(Cl)c(C(=O)Cc2ccccc2)c1. The van der Waals surface area contributed by atoms with Gasteiger partial charge in [-0.25, -0.2) is 0 Å². The van der Waals surface area contributed by atoms with Gasteiger partial charge in [0.25, 0.3) is 0 Å². The zero-order valence-corrected chi connectivity index (χ0v) is 10.8. The fourth-order valence-electron chi connectivity index (χ4n) is 1.72. The van der Waals surface area contributed by atoms with Gasteiger partial charge >= 0.3 is 0 Å². The Morgan fingerprint density at radius 2 is 1.89 bits per heavy atom. The molecule has 2 nitrogen and oxygen atoms in total. The smallest absolute Gasteiger partial charge is 0.168 e. The minimum Gasteiger partial charge on any atom is -0.497 e. The van der Waals surface area contributed by atoms with Crippen molar-refractivity contribution < 1.29 is 9.53 Å². The van der Waals surface area contributed by atoms with E-state index in [1.165, 1.54) is 0 Å². The number of ether oxygens (including phenoxy) is 1. The van der Waals surface area contributed by atoms with E-state index in [2.05, 4.69) is 0 Å². The number of benzene rings is 2. The minimum absolute atomic E-state index is 0.00917. The number of ketones is 1. The maximum absolute atomic E-state index is 12.2. The fourth-order valence-corrected chi connectivity index (χ4v) is 1.94. The average molecular weight is 261 g/mol. The Labute approximate surface area is 111 Å². The number of hydrogen-bond acceptors (Lipinski definition) is 2. The van der Waals surface area contributed by atoms with E-state index in [1.807, 2.05) is 30.3 Å². The first-order valence-electron chi connectivity index (χ1n) is 5.61. The Kier molecular flexibility index (Phi) is 4.00. The summed E-state index contributed by atoms with van der Waals surface area (Å²) in [5, 5.41) is 0.455. The van der Waals surface area contributed by atoms with Crippen LogP contribution in [0.15, 0.2) is 48.5 Å². The molecule has 0 aliphatic carbocycles. The number of rotatable bonds is 4. The molecule has 0 N–H and O–H groups in total. The van der Waals surface area contributed by atoms with Crippen molar-refractivity contribution in [1.82, 2.24) is 0 Å². The van der Waals surface area contributed by atoms with Crippen LogP contribution >= 0.6 is 11.6 Å². The molecule has 0 fully saturated rings. The molecule has 0 atom stereocenters. The monoisotopic (exact) mass is 260 g/mol. The molecule has 2 rings (SSSR count). The Balaban J connectivity index is 2.23. The van der Waals surface area contributed by atoms with E-state index >= 15 is 0 Å². The van der Waals surface area contributed by atoms with Gasteiger partial charge in [-0.3, -0.25) is 4.79 Å². The van der Waals surface area contributed by atoms with Gasteiger partial charge in [-0.15, -0.1) is 0 Å². The number of methoxy groups -OCH3 is 1. The Bertz CT molecular complexity index is 550. The molecule has 0 spiro atoms. The van der Waals surface area contributed by atoms with Gasteiger partial charge in [0.05, 0.1) is 12.1 Å². The summed E-state index contributed by atoms with van der Waals surface area (Å²) in [5.74, 6) is 0.626. The molecule has 2 aromatic rings. The molecule has 0 unspecified atom stereocenters. The van der Waals surface area contributed by atoms with Crippen molar-refractivity contribution in [2.45, 2.75) is 6.42 Å². The standard InChI is InChI=1S/C15H13ClO2/c1-18-12-7-8-14(16)13(10-12)15(17)9-11-5-3-2-4-6-11/h2-8,10H,9H2,1H3. The quantitative estimate of drug-likeness (QED) is 0.782. The van der Waals surface area contributed by atoms with Crippen LogP contribution in [0.1, 0.15) is 15.9 Å². The number of halogens is 1. The Morgan fingerprint density at radius 3 is 2.56 bits per heavy atom. The van der Waals surface area contributed by atoms with Gasteiger partial charge in [-0.1, -0.05) is 41.9 Å². The highest BCUT2D eigenvalue weighted by Crippen LogP contribution is 2.23. The van der Waals surface area contributed by atoms with Crippen LogP contribution in [0, 0.1) is 0 Å². The van der Waals surface area contributed by atoms with Crippen LogP contribution in [0.4, 0.5) is 0 Å². The summed E-state index contributed by atoms with van der Waals surface area (Å²) in [6.07, 6.45) is 0.341. The highest BCUT2D eigenvalue weighted by atomic mass is 35.5. The average Bonchev–Trinajstić information content (AvgIpc) is 2.40. The largest absolute Gasteiger partial charge is 0.497 e. The molecular weight excluding hydrogens is 248 g/mol. The van der Waals surface area contributed by atoms with E-state index < -0.39 is 0 Å². The first-order chi connectivity index (χ1) is 8.70. The van der Waals surface area contributed by atoms with Gasteiger partial charge in [0, 0.05) is 12.0 Å².